The predicted molar refractivity (Wildman–Crippen MR) is 68.1 cm³/mol. The molecule has 18 heavy (non-hydrogen) atoms. The Morgan fingerprint density at radius 2 is 2.00 bits per heavy atom. The normalized spacial score (nSPS) is 10.7. The van der Waals surface area contributed by atoms with Crippen LogP contribution in [0.2, 0.25) is 0 Å². The molecule has 1 aromatic heterocycles. The van der Waals surface area contributed by atoms with Crippen LogP contribution >= 0.6 is 0 Å². The molecule has 0 radical (unpaired) electrons. The topological polar surface area (TPSA) is 55.1 Å². The number of hydrogen-bond donors (Lipinski definition) is 1. The summed E-state index contributed by atoms with van der Waals surface area (Å²) in [6.45, 7) is 0. The van der Waals surface area contributed by atoms with Gasteiger partial charge >= 0.3 is 0 Å². The summed E-state index contributed by atoms with van der Waals surface area (Å²) in [7, 11) is 0. The van der Waals surface area contributed by atoms with Gasteiger partial charge in [-0.15, -0.1) is 0 Å². The lowest BCUT2D eigenvalue weighted by atomic mass is 10.2. The third-order valence-corrected chi connectivity index (χ3v) is 2.86. The highest BCUT2D eigenvalue weighted by Crippen LogP contribution is 2.22. The largest absolute Gasteiger partial charge is 0.507 e. The Labute approximate surface area is 103 Å². The van der Waals surface area contributed by atoms with Crippen LogP contribution < -0.4 is 0 Å². The van der Waals surface area contributed by atoms with Crippen molar-refractivity contribution in [1.82, 2.24) is 9.78 Å². The second-order valence-electron chi connectivity index (χ2n) is 3.98. The first-order valence-electron chi connectivity index (χ1n) is 5.51. The van der Waals surface area contributed by atoms with Crippen LogP contribution in [0.15, 0.2) is 48.7 Å². The molecule has 4 nitrogen and oxygen atoms in total. The van der Waals surface area contributed by atoms with Gasteiger partial charge in [0.05, 0.1) is 23.0 Å². The first-order valence-corrected chi connectivity index (χ1v) is 5.51. The fraction of sp³-hybridized carbons (Fsp3) is 0. The van der Waals surface area contributed by atoms with Gasteiger partial charge in [-0.2, -0.15) is 5.10 Å². The zero-order chi connectivity index (χ0) is 12.5. The van der Waals surface area contributed by atoms with Crippen molar-refractivity contribution in [3.05, 3.63) is 54.2 Å². The second kappa shape index (κ2) is 4.00. The summed E-state index contributed by atoms with van der Waals surface area (Å²) in [6.07, 6.45) is 2.40. The summed E-state index contributed by atoms with van der Waals surface area (Å²) in [5.74, 6) is -0.0230. The first-order chi connectivity index (χ1) is 8.79. The number of aromatic hydroxyl groups is 1. The van der Waals surface area contributed by atoms with Crippen molar-refractivity contribution in [2.75, 3.05) is 0 Å². The molecule has 1 N–H and O–H groups in total. The van der Waals surface area contributed by atoms with Gasteiger partial charge in [0.2, 0.25) is 0 Å². The van der Waals surface area contributed by atoms with Crippen molar-refractivity contribution in [3.63, 3.8) is 0 Å². The van der Waals surface area contributed by atoms with Crippen molar-refractivity contribution in [3.8, 4) is 11.4 Å². The van der Waals surface area contributed by atoms with E-state index in [2.05, 4.69) is 5.10 Å². The number of benzene rings is 2. The summed E-state index contributed by atoms with van der Waals surface area (Å²) in [4.78, 5) is 10.8. The molecule has 3 rings (SSSR count). The number of nitrogens with zero attached hydrogens (tertiary/aromatic N) is 2. The minimum Gasteiger partial charge on any atom is -0.507 e. The lowest BCUT2D eigenvalue weighted by Crippen LogP contribution is -1.97. The van der Waals surface area contributed by atoms with Crippen LogP contribution in [0.4, 0.5) is 0 Å². The van der Waals surface area contributed by atoms with Gasteiger partial charge in [0, 0.05) is 5.39 Å². The molecule has 0 saturated heterocycles. The van der Waals surface area contributed by atoms with E-state index in [4.69, 9.17) is 0 Å². The van der Waals surface area contributed by atoms with Crippen molar-refractivity contribution in [2.45, 2.75) is 0 Å². The lowest BCUT2D eigenvalue weighted by Gasteiger charge is -2.05. The van der Waals surface area contributed by atoms with Gasteiger partial charge in [-0.25, -0.2) is 4.68 Å². The number of carbonyl (C=O) groups excluding carboxylic acids is 1. The highest BCUT2D eigenvalue weighted by molar-refractivity contribution is 5.83. The SMILES string of the molecule is O=Cc1cc(-n2ncc3ccccc32)ccc1O. The summed E-state index contributed by atoms with van der Waals surface area (Å²) in [5, 5.41) is 14.8. The fourth-order valence-electron chi connectivity index (χ4n) is 1.95. The summed E-state index contributed by atoms with van der Waals surface area (Å²) in [5.41, 5.74) is 1.96. The van der Waals surface area contributed by atoms with E-state index in [0.29, 0.717) is 6.29 Å². The number of phenols is 1. The molecule has 2 aromatic carbocycles. The average Bonchev–Trinajstić information content (AvgIpc) is 2.83. The predicted octanol–water partition coefficient (Wildman–Crippen LogP) is 2.54. The molecule has 0 saturated carbocycles. The highest BCUT2D eigenvalue weighted by Gasteiger charge is 2.07. The van der Waals surface area contributed by atoms with E-state index in [-0.39, 0.29) is 11.3 Å². The van der Waals surface area contributed by atoms with E-state index in [1.54, 1.807) is 23.0 Å². The van der Waals surface area contributed by atoms with E-state index in [1.807, 2.05) is 24.3 Å². The monoisotopic (exact) mass is 238 g/mol. The van der Waals surface area contributed by atoms with E-state index >= 15 is 0 Å². The quantitative estimate of drug-likeness (QED) is 0.698. The molecule has 0 aliphatic carbocycles. The van der Waals surface area contributed by atoms with Crippen molar-refractivity contribution in [1.29, 1.82) is 0 Å². The first kappa shape index (κ1) is 10.5. The summed E-state index contributed by atoms with van der Waals surface area (Å²) in [6, 6.07) is 12.6. The number of aldehydes is 1. The van der Waals surface area contributed by atoms with Gasteiger partial charge in [0.1, 0.15) is 5.75 Å². The molecule has 0 amide bonds. The minimum absolute atomic E-state index is 0.0230. The maximum atomic E-state index is 10.8. The minimum atomic E-state index is -0.0230. The van der Waals surface area contributed by atoms with Crippen molar-refractivity contribution < 1.29 is 9.90 Å². The number of phenolic OH excluding ortho intramolecular Hbond substituents is 1. The number of rotatable bonds is 2. The molecule has 0 unspecified atom stereocenters. The van der Waals surface area contributed by atoms with Crippen molar-refractivity contribution in [2.24, 2.45) is 0 Å². The smallest absolute Gasteiger partial charge is 0.153 e. The van der Waals surface area contributed by atoms with Gasteiger partial charge < -0.3 is 5.11 Å². The Bertz CT molecular complexity index is 731. The van der Waals surface area contributed by atoms with Crippen LogP contribution in [0.5, 0.6) is 5.75 Å². The number of hydrogen-bond acceptors (Lipinski definition) is 3. The standard InChI is InChI=1S/C14H10N2O2/c17-9-11-7-12(5-6-14(11)18)16-13-4-2-1-3-10(13)8-15-16/h1-9,18H. The van der Waals surface area contributed by atoms with Gasteiger partial charge in [-0.05, 0) is 24.3 Å². The third kappa shape index (κ3) is 1.55. The molecule has 4 heteroatoms. The Kier molecular flexibility index (Phi) is 2.34. The molecule has 0 spiro atoms. The molecular weight excluding hydrogens is 228 g/mol. The van der Waals surface area contributed by atoms with E-state index in [1.165, 1.54) is 6.07 Å². The number of carbonyl (C=O) groups is 1. The zero-order valence-corrected chi connectivity index (χ0v) is 9.45. The molecule has 0 atom stereocenters. The van der Waals surface area contributed by atoms with Gasteiger partial charge in [0.15, 0.2) is 6.29 Å². The zero-order valence-electron chi connectivity index (χ0n) is 9.45. The van der Waals surface area contributed by atoms with Crippen LogP contribution in [0.1, 0.15) is 10.4 Å². The van der Waals surface area contributed by atoms with Crippen LogP contribution in [-0.2, 0) is 0 Å². The van der Waals surface area contributed by atoms with E-state index < -0.39 is 0 Å². The molecule has 3 aromatic rings. The Morgan fingerprint density at radius 3 is 2.83 bits per heavy atom. The van der Waals surface area contributed by atoms with Crippen LogP contribution in [0.25, 0.3) is 16.6 Å². The summed E-state index contributed by atoms with van der Waals surface area (Å²) >= 11 is 0. The molecule has 0 fully saturated rings. The van der Waals surface area contributed by atoms with Gasteiger partial charge in [-0.1, -0.05) is 18.2 Å². The van der Waals surface area contributed by atoms with E-state index in [0.717, 1.165) is 16.6 Å². The average molecular weight is 238 g/mol. The molecule has 1 heterocycles. The Balaban J connectivity index is 2.23. The second-order valence-corrected chi connectivity index (χ2v) is 3.98. The molecule has 0 aliphatic heterocycles. The summed E-state index contributed by atoms with van der Waals surface area (Å²) < 4.78 is 1.74. The molecular formula is C14H10N2O2. The van der Waals surface area contributed by atoms with Crippen LogP contribution in [0, 0.1) is 0 Å². The maximum absolute atomic E-state index is 10.8. The Hall–Kier alpha value is -2.62. The lowest BCUT2D eigenvalue weighted by molar-refractivity contribution is 0.112. The van der Waals surface area contributed by atoms with Gasteiger partial charge in [-0.3, -0.25) is 4.79 Å². The molecule has 0 bridgehead atoms. The van der Waals surface area contributed by atoms with Gasteiger partial charge in [0.25, 0.3) is 0 Å². The highest BCUT2D eigenvalue weighted by atomic mass is 16.3. The number of fused-ring (bicyclic) bond motifs is 1. The maximum Gasteiger partial charge on any atom is 0.153 e. The fourth-order valence-corrected chi connectivity index (χ4v) is 1.95. The van der Waals surface area contributed by atoms with E-state index in [9.17, 15) is 9.90 Å². The molecule has 88 valence electrons. The van der Waals surface area contributed by atoms with Crippen molar-refractivity contribution >= 4 is 17.2 Å². The van der Waals surface area contributed by atoms with Crippen LogP contribution in [0.3, 0.4) is 0 Å². The third-order valence-electron chi connectivity index (χ3n) is 2.86. The number of para-hydroxylation sites is 1. The Morgan fingerprint density at radius 1 is 1.17 bits per heavy atom. The number of aromatic nitrogens is 2. The van der Waals surface area contributed by atoms with Crippen LogP contribution in [-0.4, -0.2) is 21.2 Å². The molecule has 0 aliphatic rings.